The molecule has 0 spiro atoms. The Hall–Kier alpha value is -0.680. The van der Waals surface area contributed by atoms with Gasteiger partial charge in [0.15, 0.2) is 0 Å². The van der Waals surface area contributed by atoms with E-state index in [1.807, 2.05) is 0 Å². The molecule has 0 amide bonds. The second-order valence-electron chi connectivity index (χ2n) is 3.64. The fraction of sp³-hybridized carbons (Fsp3) is 0.778. The van der Waals surface area contributed by atoms with Gasteiger partial charge in [-0.1, -0.05) is 6.92 Å². The second kappa shape index (κ2) is 4.23. The van der Waals surface area contributed by atoms with Crippen molar-refractivity contribution in [2.24, 2.45) is 0 Å². The maximum absolute atomic E-state index is 4.49. The number of nitrogens with zero attached hydrogens (tertiary/aromatic N) is 4. The lowest BCUT2D eigenvalue weighted by atomic mass is 10.3. The molecule has 0 unspecified atom stereocenters. The van der Waals surface area contributed by atoms with Gasteiger partial charge in [-0.2, -0.15) is 4.37 Å². The molecule has 1 aliphatic heterocycles. The third-order valence-corrected chi connectivity index (χ3v) is 3.36. The van der Waals surface area contributed by atoms with Gasteiger partial charge in [-0.25, -0.2) is 4.98 Å². The maximum atomic E-state index is 4.49. The zero-order chi connectivity index (χ0) is 9.97. The predicted molar refractivity (Wildman–Crippen MR) is 59.0 cm³/mol. The van der Waals surface area contributed by atoms with Gasteiger partial charge in [-0.05, 0) is 7.05 Å². The minimum absolute atomic E-state index is 0.935. The lowest BCUT2D eigenvalue weighted by Gasteiger charge is -2.31. The number of aryl methyl sites for hydroxylation is 1. The number of hydrogen-bond donors (Lipinski definition) is 0. The first-order chi connectivity index (χ1) is 6.79. The summed E-state index contributed by atoms with van der Waals surface area (Å²) in [6.45, 7) is 6.50. The predicted octanol–water partition coefficient (Wildman–Crippen LogP) is 0.852. The van der Waals surface area contributed by atoms with Crippen molar-refractivity contribution >= 4 is 16.7 Å². The molecule has 1 saturated heterocycles. The maximum Gasteiger partial charge on any atom is 0.205 e. The SMILES string of the molecule is CCc1nsc(N2CCN(C)CC2)n1. The molecule has 0 atom stereocenters. The highest BCUT2D eigenvalue weighted by Gasteiger charge is 2.17. The van der Waals surface area contributed by atoms with Crippen molar-refractivity contribution < 1.29 is 0 Å². The number of aromatic nitrogens is 2. The van der Waals surface area contributed by atoms with Crippen molar-refractivity contribution in [1.29, 1.82) is 0 Å². The molecule has 0 aromatic carbocycles. The third kappa shape index (κ3) is 2.04. The third-order valence-electron chi connectivity index (χ3n) is 2.55. The van der Waals surface area contributed by atoms with Crippen molar-refractivity contribution in [3.8, 4) is 0 Å². The molecule has 1 aromatic rings. The number of anilines is 1. The Morgan fingerprint density at radius 2 is 2.00 bits per heavy atom. The lowest BCUT2D eigenvalue weighted by molar-refractivity contribution is 0.312. The number of rotatable bonds is 2. The van der Waals surface area contributed by atoms with Crippen LogP contribution in [0.3, 0.4) is 0 Å². The lowest BCUT2D eigenvalue weighted by Crippen LogP contribution is -2.44. The largest absolute Gasteiger partial charge is 0.344 e. The van der Waals surface area contributed by atoms with Gasteiger partial charge in [0.05, 0.1) is 0 Å². The molecule has 0 aliphatic carbocycles. The topological polar surface area (TPSA) is 32.3 Å². The minimum atomic E-state index is 0.935. The van der Waals surface area contributed by atoms with Crippen LogP contribution in [-0.4, -0.2) is 47.5 Å². The van der Waals surface area contributed by atoms with E-state index in [-0.39, 0.29) is 0 Å². The van der Waals surface area contributed by atoms with Gasteiger partial charge in [-0.3, -0.25) is 0 Å². The molecule has 5 heteroatoms. The summed E-state index contributed by atoms with van der Waals surface area (Å²) in [6, 6.07) is 0. The van der Waals surface area contributed by atoms with Crippen LogP contribution in [0, 0.1) is 0 Å². The summed E-state index contributed by atoms with van der Waals surface area (Å²) in [7, 11) is 2.16. The summed E-state index contributed by atoms with van der Waals surface area (Å²) < 4.78 is 4.30. The Morgan fingerprint density at radius 3 is 2.57 bits per heavy atom. The summed E-state index contributed by atoms with van der Waals surface area (Å²) in [5.41, 5.74) is 0. The molecule has 1 aliphatic rings. The normalized spacial score (nSPS) is 18.9. The average Bonchev–Trinajstić information content (AvgIpc) is 2.67. The Labute approximate surface area is 88.7 Å². The molecule has 1 aromatic heterocycles. The highest BCUT2D eigenvalue weighted by Crippen LogP contribution is 2.18. The van der Waals surface area contributed by atoms with Crippen LogP contribution in [0.25, 0.3) is 0 Å². The number of likely N-dealkylation sites (N-methyl/N-ethyl adjacent to an activating group) is 1. The Bertz CT molecular complexity index is 291. The van der Waals surface area contributed by atoms with E-state index in [1.54, 1.807) is 0 Å². The summed E-state index contributed by atoms with van der Waals surface area (Å²) in [5.74, 6) is 0.976. The highest BCUT2D eigenvalue weighted by atomic mass is 32.1. The molecule has 1 fully saturated rings. The Balaban J connectivity index is 2.01. The molecule has 0 N–H and O–H groups in total. The Kier molecular flexibility index (Phi) is 2.98. The van der Waals surface area contributed by atoms with Gasteiger partial charge in [0.1, 0.15) is 5.82 Å². The van der Waals surface area contributed by atoms with Gasteiger partial charge in [0, 0.05) is 44.1 Å². The van der Waals surface area contributed by atoms with E-state index < -0.39 is 0 Å². The van der Waals surface area contributed by atoms with Gasteiger partial charge in [-0.15, -0.1) is 0 Å². The molecule has 0 saturated carbocycles. The first-order valence-corrected chi connectivity index (χ1v) is 5.83. The van der Waals surface area contributed by atoms with E-state index in [4.69, 9.17) is 0 Å². The van der Waals surface area contributed by atoms with Crippen molar-refractivity contribution in [3.05, 3.63) is 5.82 Å². The van der Waals surface area contributed by atoms with E-state index >= 15 is 0 Å². The molecule has 78 valence electrons. The Morgan fingerprint density at radius 1 is 1.29 bits per heavy atom. The number of hydrogen-bond acceptors (Lipinski definition) is 5. The standard InChI is InChI=1S/C9H16N4S/c1-3-8-10-9(14-11-8)13-6-4-12(2)5-7-13/h3-7H2,1-2H3. The van der Waals surface area contributed by atoms with Gasteiger partial charge < -0.3 is 9.80 Å². The number of piperazine rings is 1. The van der Waals surface area contributed by atoms with Crippen molar-refractivity contribution in [2.45, 2.75) is 13.3 Å². The van der Waals surface area contributed by atoms with Crippen LogP contribution in [0.5, 0.6) is 0 Å². The van der Waals surface area contributed by atoms with Crippen molar-refractivity contribution in [1.82, 2.24) is 14.3 Å². The monoisotopic (exact) mass is 212 g/mol. The van der Waals surface area contributed by atoms with Crippen molar-refractivity contribution in [3.63, 3.8) is 0 Å². The summed E-state index contributed by atoms with van der Waals surface area (Å²) >= 11 is 1.53. The van der Waals surface area contributed by atoms with Gasteiger partial charge >= 0.3 is 0 Å². The summed E-state index contributed by atoms with van der Waals surface area (Å²) in [6.07, 6.45) is 0.935. The van der Waals surface area contributed by atoms with E-state index in [2.05, 4.69) is 33.1 Å². The molecule has 4 nitrogen and oxygen atoms in total. The van der Waals surface area contributed by atoms with Crippen LogP contribution in [0.4, 0.5) is 5.13 Å². The highest BCUT2D eigenvalue weighted by molar-refractivity contribution is 7.09. The second-order valence-corrected chi connectivity index (χ2v) is 4.37. The summed E-state index contributed by atoms with van der Waals surface area (Å²) in [5, 5.41) is 1.09. The smallest absolute Gasteiger partial charge is 0.205 e. The van der Waals surface area contributed by atoms with Crippen LogP contribution >= 0.6 is 11.5 Å². The van der Waals surface area contributed by atoms with Crippen LogP contribution in [-0.2, 0) is 6.42 Å². The molecule has 0 radical (unpaired) electrons. The van der Waals surface area contributed by atoms with E-state index in [0.717, 1.165) is 43.6 Å². The van der Waals surface area contributed by atoms with Crippen LogP contribution in [0.15, 0.2) is 0 Å². The van der Waals surface area contributed by atoms with Gasteiger partial charge in [0.2, 0.25) is 5.13 Å². The molecule has 0 bridgehead atoms. The summed E-state index contributed by atoms with van der Waals surface area (Å²) in [4.78, 5) is 9.17. The zero-order valence-corrected chi connectivity index (χ0v) is 9.55. The first-order valence-electron chi connectivity index (χ1n) is 5.05. The quantitative estimate of drug-likeness (QED) is 0.727. The van der Waals surface area contributed by atoms with E-state index in [0.29, 0.717) is 0 Å². The molecule has 2 rings (SSSR count). The first kappa shape index (κ1) is 9.86. The zero-order valence-electron chi connectivity index (χ0n) is 8.73. The molecular weight excluding hydrogens is 196 g/mol. The van der Waals surface area contributed by atoms with Crippen LogP contribution < -0.4 is 4.90 Å². The molecule has 14 heavy (non-hydrogen) atoms. The van der Waals surface area contributed by atoms with Gasteiger partial charge in [0.25, 0.3) is 0 Å². The average molecular weight is 212 g/mol. The van der Waals surface area contributed by atoms with E-state index in [1.165, 1.54) is 11.5 Å². The van der Waals surface area contributed by atoms with E-state index in [9.17, 15) is 0 Å². The fourth-order valence-corrected chi connectivity index (χ4v) is 2.32. The fourth-order valence-electron chi connectivity index (χ4n) is 1.51. The van der Waals surface area contributed by atoms with Crippen molar-refractivity contribution in [2.75, 3.05) is 38.1 Å². The van der Waals surface area contributed by atoms with Crippen LogP contribution in [0.2, 0.25) is 0 Å². The minimum Gasteiger partial charge on any atom is -0.344 e. The van der Waals surface area contributed by atoms with Crippen LogP contribution in [0.1, 0.15) is 12.7 Å². The molecular formula is C9H16N4S. The molecule has 2 heterocycles.